The van der Waals surface area contributed by atoms with Gasteiger partial charge in [-0.3, -0.25) is 14.9 Å². The lowest BCUT2D eigenvalue weighted by Crippen LogP contribution is -2.07. The van der Waals surface area contributed by atoms with Gasteiger partial charge in [-0.25, -0.2) is 0 Å². The van der Waals surface area contributed by atoms with E-state index in [-0.39, 0.29) is 17.0 Å². The number of rotatable bonds is 3. The summed E-state index contributed by atoms with van der Waals surface area (Å²) in [6, 6.07) is 13.2. The summed E-state index contributed by atoms with van der Waals surface area (Å²) in [4.78, 5) is 22.7. The lowest BCUT2D eigenvalue weighted by Gasteiger charge is -2.05. The van der Waals surface area contributed by atoms with E-state index in [0.29, 0.717) is 11.1 Å². The first-order chi connectivity index (χ1) is 8.61. The minimum Gasteiger partial charge on any atom is -0.288 e. The highest BCUT2D eigenvalue weighted by molar-refractivity contribution is 6.12. The van der Waals surface area contributed by atoms with Crippen LogP contribution >= 0.6 is 0 Å². The Morgan fingerprint density at radius 2 is 1.72 bits per heavy atom. The number of nitro groups is 1. The summed E-state index contributed by atoms with van der Waals surface area (Å²) < 4.78 is 0. The molecule has 0 aliphatic carbocycles. The van der Waals surface area contributed by atoms with E-state index in [9.17, 15) is 14.9 Å². The Labute approximate surface area is 104 Å². The van der Waals surface area contributed by atoms with Crippen LogP contribution in [0.25, 0.3) is 0 Å². The van der Waals surface area contributed by atoms with E-state index < -0.39 is 4.92 Å². The molecule has 0 atom stereocenters. The van der Waals surface area contributed by atoms with Crippen LogP contribution in [0.2, 0.25) is 0 Å². The third kappa shape index (κ3) is 2.13. The van der Waals surface area contributed by atoms with Gasteiger partial charge < -0.3 is 0 Å². The van der Waals surface area contributed by atoms with Gasteiger partial charge in [0, 0.05) is 11.6 Å². The fourth-order valence-corrected chi connectivity index (χ4v) is 1.83. The molecule has 0 N–H and O–H groups in total. The number of carbonyl (C=O) groups excluding carboxylic acids is 1. The molecule has 4 heteroatoms. The zero-order valence-corrected chi connectivity index (χ0v) is 9.79. The molecule has 0 aromatic heterocycles. The van der Waals surface area contributed by atoms with E-state index in [0.717, 1.165) is 0 Å². The van der Waals surface area contributed by atoms with Crippen LogP contribution in [0.1, 0.15) is 21.5 Å². The number of hydrogen-bond donors (Lipinski definition) is 0. The van der Waals surface area contributed by atoms with Crippen LogP contribution in [0.5, 0.6) is 0 Å². The largest absolute Gasteiger partial charge is 0.288 e. The van der Waals surface area contributed by atoms with Crippen LogP contribution in [0.15, 0.2) is 48.5 Å². The summed E-state index contributed by atoms with van der Waals surface area (Å²) in [5.41, 5.74) is 1.07. The Kier molecular flexibility index (Phi) is 3.19. The molecule has 2 aromatic rings. The van der Waals surface area contributed by atoms with Crippen LogP contribution in [-0.2, 0) is 0 Å². The predicted octanol–water partition coefficient (Wildman–Crippen LogP) is 3.13. The molecule has 0 aliphatic rings. The molecule has 0 heterocycles. The van der Waals surface area contributed by atoms with Gasteiger partial charge in [-0.05, 0) is 12.5 Å². The normalized spacial score (nSPS) is 10.1. The SMILES string of the molecule is Cc1cccc([N+](=O)[O-])c1C(=O)c1ccccc1. The lowest BCUT2D eigenvalue weighted by molar-refractivity contribution is -0.385. The fourth-order valence-electron chi connectivity index (χ4n) is 1.83. The van der Waals surface area contributed by atoms with Crippen molar-refractivity contribution in [2.24, 2.45) is 0 Å². The minimum atomic E-state index is -0.525. The van der Waals surface area contributed by atoms with E-state index in [4.69, 9.17) is 0 Å². The number of carbonyl (C=O) groups is 1. The van der Waals surface area contributed by atoms with Gasteiger partial charge in [0.05, 0.1) is 4.92 Å². The van der Waals surface area contributed by atoms with Crippen LogP contribution in [-0.4, -0.2) is 10.7 Å². The zero-order valence-electron chi connectivity index (χ0n) is 9.79. The predicted molar refractivity (Wildman–Crippen MR) is 67.7 cm³/mol. The first-order valence-corrected chi connectivity index (χ1v) is 5.45. The van der Waals surface area contributed by atoms with Crippen molar-refractivity contribution in [3.8, 4) is 0 Å². The Balaban J connectivity index is 2.58. The highest BCUT2D eigenvalue weighted by atomic mass is 16.6. The third-order valence-electron chi connectivity index (χ3n) is 2.71. The molecular formula is C14H11NO3. The molecule has 2 aromatic carbocycles. The highest BCUT2D eigenvalue weighted by Gasteiger charge is 2.22. The Morgan fingerprint density at radius 3 is 2.33 bits per heavy atom. The molecule has 0 amide bonds. The van der Waals surface area contributed by atoms with E-state index in [2.05, 4.69) is 0 Å². The average molecular weight is 241 g/mol. The molecule has 0 radical (unpaired) electrons. The molecule has 0 saturated carbocycles. The monoisotopic (exact) mass is 241 g/mol. The average Bonchev–Trinajstić information content (AvgIpc) is 2.38. The lowest BCUT2D eigenvalue weighted by atomic mass is 9.97. The molecule has 0 bridgehead atoms. The zero-order chi connectivity index (χ0) is 13.1. The van der Waals surface area contributed by atoms with Crippen molar-refractivity contribution in [2.75, 3.05) is 0 Å². The number of nitrogens with zero attached hydrogens (tertiary/aromatic N) is 1. The topological polar surface area (TPSA) is 60.2 Å². The molecule has 0 aliphatic heterocycles. The van der Waals surface area contributed by atoms with E-state index in [1.807, 2.05) is 0 Å². The summed E-state index contributed by atoms with van der Waals surface area (Å²) in [5.74, 6) is -0.319. The summed E-state index contributed by atoms with van der Waals surface area (Å²) in [6.07, 6.45) is 0. The maximum Gasteiger partial charge on any atom is 0.280 e. The number of nitro benzene ring substituents is 1. The van der Waals surface area contributed by atoms with Crippen LogP contribution < -0.4 is 0 Å². The quantitative estimate of drug-likeness (QED) is 0.471. The van der Waals surface area contributed by atoms with Gasteiger partial charge in [0.25, 0.3) is 5.69 Å². The van der Waals surface area contributed by atoms with Gasteiger partial charge in [0.15, 0.2) is 5.78 Å². The molecular weight excluding hydrogens is 230 g/mol. The van der Waals surface area contributed by atoms with Crippen LogP contribution in [0.4, 0.5) is 5.69 Å². The Morgan fingerprint density at radius 1 is 1.06 bits per heavy atom. The van der Waals surface area contributed by atoms with Crippen molar-refractivity contribution in [1.82, 2.24) is 0 Å². The first kappa shape index (κ1) is 12.0. The second-order valence-electron chi connectivity index (χ2n) is 3.92. The van der Waals surface area contributed by atoms with E-state index in [1.165, 1.54) is 6.07 Å². The van der Waals surface area contributed by atoms with E-state index >= 15 is 0 Å². The van der Waals surface area contributed by atoms with Crippen molar-refractivity contribution in [3.05, 3.63) is 75.3 Å². The number of hydrogen-bond acceptors (Lipinski definition) is 3. The van der Waals surface area contributed by atoms with Crippen molar-refractivity contribution < 1.29 is 9.72 Å². The molecule has 0 fully saturated rings. The van der Waals surface area contributed by atoms with Crippen LogP contribution in [0.3, 0.4) is 0 Å². The highest BCUT2D eigenvalue weighted by Crippen LogP contribution is 2.24. The number of ketones is 1. The van der Waals surface area contributed by atoms with Crippen molar-refractivity contribution in [3.63, 3.8) is 0 Å². The van der Waals surface area contributed by atoms with Crippen molar-refractivity contribution in [2.45, 2.75) is 6.92 Å². The standard InChI is InChI=1S/C14H11NO3/c1-10-6-5-9-12(15(17)18)13(10)14(16)11-7-3-2-4-8-11/h2-9H,1H3. The molecule has 0 unspecified atom stereocenters. The molecule has 2 rings (SSSR count). The summed E-state index contributed by atoms with van der Waals surface area (Å²) in [5, 5.41) is 11.0. The first-order valence-electron chi connectivity index (χ1n) is 5.45. The minimum absolute atomic E-state index is 0.149. The molecule has 18 heavy (non-hydrogen) atoms. The smallest absolute Gasteiger partial charge is 0.280 e. The molecule has 4 nitrogen and oxygen atoms in total. The Bertz CT molecular complexity index is 606. The summed E-state index contributed by atoms with van der Waals surface area (Å²) in [7, 11) is 0. The van der Waals surface area contributed by atoms with Crippen LogP contribution in [0, 0.1) is 17.0 Å². The second kappa shape index (κ2) is 4.79. The molecule has 0 saturated heterocycles. The van der Waals surface area contributed by atoms with Gasteiger partial charge in [-0.2, -0.15) is 0 Å². The van der Waals surface area contributed by atoms with Crippen molar-refractivity contribution in [1.29, 1.82) is 0 Å². The number of benzene rings is 2. The third-order valence-corrected chi connectivity index (χ3v) is 2.71. The summed E-state index contributed by atoms with van der Waals surface area (Å²) in [6.45, 7) is 1.70. The maximum atomic E-state index is 12.3. The van der Waals surface area contributed by atoms with Gasteiger partial charge >= 0.3 is 0 Å². The molecule has 90 valence electrons. The maximum absolute atomic E-state index is 12.3. The van der Waals surface area contributed by atoms with Gasteiger partial charge in [-0.1, -0.05) is 42.5 Å². The van der Waals surface area contributed by atoms with Gasteiger partial charge in [-0.15, -0.1) is 0 Å². The fraction of sp³-hybridized carbons (Fsp3) is 0.0714. The van der Waals surface area contributed by atoms with E-state index in [1.54, 1.807) is 49.4 Å². The van der Waals surface area contributed by atoms with Gasteiger partial charge in [0.2, 0.25) is 0 Å². The molecule has 0 spiro atoms. The second-order valence-corrected chi connectivity index (χ2v) is 3.92. The Hall–Kier alpha value is -2.49. The van der Waals surface area contributed by atoms with Gasteiger partial charge in [0.1, 0.15) is 5.56 Å². The van der Waals surface area contributed by atoms with Crippen molar-refractivity contribution >= 4 is 11.5 Å². The summed E-state index contributed by atoms with van der Waals surface area (Å²) >= 11 is 0. The number of aryl methyl sites for hydroxylation is 1.